The molecule has 0 aliphatic carbocycles. The largest absolute Gasteiger partial charge is 0.492 e. The number of likely N-dealkylation sites (N-methyl/N-ethyl adjacent to an activating group) is 1. The van der Waals surface area contributed by atoms with E-state index in [2.05, 4.69) is 0 Å². The van der Waals surface area contributed by atoms with Crippen molar-refractivity contribution in [3.63, 3.8) is 0 Å². The van der Waals surface area contributed by atoms with Gasteiger partial charge in [-0.15, -0.1) is 12.4 Å². The van der Waals surface area contributed by atoms with E-state index in [-0.39, 0.29) is 18.3 Å². The monoisotopic (exact) mass is 306 g/mol. The first kappa shape index (κ1) is 18.0. The Kier molecular flexibility index (Phi) is 9.39. The summed E-state index contributed by atoms with van der Waals surface area (Å²) in [5, 5.41) is 0.677. The van der Waals surface area contributed by atoms with Crippen molar-refractivity contribution in [2.45, 2.75) is 12.8 Å². The van der Waals surface area contributed by atoms with Gasteiger partial charge in [-0.25, -0.2) is 0 Å². The SMILES string of the molecule is CN(CCOc1ccc(Cl)cc1)C(=O)CCCN.Cl. The van der Waals surface area contributed by atoms with Crippen LogP contribution in [-0.2, 0) is 4.79 Å². The van der Waals surface area contributed by atoms with Gasteiger partial charge in [0.2, 0.25) is 5.91 Å². The second-order valence-electron chi connectivity index (χ2n) is 4.01. The number of benzene rings is 1. The lowest BCUT2D eigenvalue weighted by molar-refractivity contribution is -0.130. The third-order valence-electron chi connectivity index (χ3n) is 2.53. The topological polar surface area (TPSA) is 55.6 Å². The van der Waals surface area contributed by atoms with Crippen LogP contribution < -0.4 is 10.5 Å². The Morgan fingerprint density at radius 2 is 2.00 bits per heavy atom. The average molecular weight is 307 g/mol. The minimum atomic E-state index is 0. The number of hydrogen-bond acceptors (Lipinski definition) is 3. The summed E-state index contributed by atoms with van der Waals surface area (Å²) in [6.07, 6.45) is 1.22. The summed E-state index contributed by atoms with van der Waals surface area (Å²) in [4.78, 5) is 13.2. The van der Waals surface area contributed by atoms with E-state index >= 15 is 0 Å². The maximum atomic E-state index is 11.6. The predicted molar refractivity (Wildman–Crippen MR) is 80.1 cm³/mol. The Balaban J connectivity index is 0.00000324. The fourth-order valence-electron chi connectivity index (χ4n) is 1.40. The lowest BCUT2D eigenvalue weighted by atomic mass is 10.3. The van der Waals surface area contributed by atoms with Gasteiger partial charge in [-0.05, 0) is 37.2 Å². The summed E-state index contributed by atoms with van der Waals surface area (Å²) < 4.78 is 5.51. The van der Waals surface area contributed by atoms with E-state index in [1.165, 1.54) is 0 Å². The highest BCUT2D eigenvalue weighted by Gasteiger charge is 2.07. The third kappa shape index (κ3) is 7.25. The number of hydrogen-bond donors (Lipinski definition) is 1. The van der Waals surface area contributed by atoms with Gasteiger partial charge in [0.1, 0.15) is 12.4 Å². The van der Waals surface area contributed by atoms with Crippen molar-refractivity contribution >= 4 is 29.9 Å². The van der Waals surface area contributed by atoms with Crippen LogP contribution >= 0.6 is 24.0 Å². The van der Waals surface area contributed by atoms with Gasteiger partial charge in [-0.2, -0.15) is 0 Å². The molecule has 1 aromatic rings. The maximum absolute atomic E-state index is 11.6. The molecule has 1 amide bonds. The van der Waals surface area contributed by atoms with Gasteiger partial charge in [0, 0.05) is 18.5 Å². The van der Waals surface area contributed by atoms with E-state index in [1.54, 1.807) is 36.2 Å². The maximum Gasteiger partial charge on any atom is 0.222 e. The zero-order chi connectivity index (χ0) is 13.4. The van der Waals surface area contributed by atoms with Crippen molar-refractivity contribution in [3.8, 4) is 5.75 Å². The fraction of sp³-hybridized carbons (Fsp3) is 0.462. The molecule has 0 bridgehead atoms. The first-order valence-corrected chi connectivity index (χ1v) is 6.33. The molecule has 19 heavy (non-hydrogen) atoms. The lowest BCUT2D eigenvalue weighted by Crippen LogP contribution is -2.31. The van der Waals surface area contributed by atoms with Gasteiger partial charge < -0.3 is 15.4 Å². The number of halogens is 2. The van der Waals surface area contributed by atoms with Crippen LogP contribution in [-0.4, -0.2) is 37.6 Å². The normalized spacial score (nSPS) is 9.63. The number of amides is 1. The Morgan fingerprint density at radius 3 is 2.58 bits per heavy atom. The third-order valence-corrected chi connectivity index (χ3v) is 2.78. The van der Waals surface area contributed by atoms with E-state index < -0.39 is 0 Å². The molecule has 108 valence electrons. The van der Waals surface area contributed by atoms with Gasteiger partial charge in [-0.3, -0.25) is 4.79 Å². The molecule has 0 unspecified atom stereocenters. The minimum absolute atomic E-state index is 0. The van der Waals surface area contributed by atoms with Crippen molar-refractivity contribution < 1.29 is 9.53 Å². The molecule has 0 saturated heterocycles. The number of ether oxygens (including phenoxy) is 1. The van der Waals surface area contributed by atoms with Crippen LogP contribution in [0.5, 0.6) is 5.75 Å². The van der Waals surface area contributed by atoms with E-state index in [1.807, 2.05) is 0 Å². The van der Waals surface area contributed by atoms with E-state index in [9.17, 15) is 4.79 Å². The van der Waals surface area contributed by atoms with Gasteiger partial charge in [0.25, 0.3) is 0 Å². The van der Waals surface area contributed by atoms with Crippen LogP contribution in [0.3, 0.4) is 0 Å². The highest BCUT2D eigenvalue weighted by Crippen LogP contribution is 2.15. The molecule has 0 heterocycles. The van der Waals surface area contributed by atoms with Crippen LogP contribution in [0, 0.1) is 0 Å². The van der Waals surface area contributed by atoms with Gasteiger partial charge in [0.05, 0.1) is 6.54 Å². The van der Waals surface area contributed by atoms with Crippen molar-refractivity contribution in [1.29, 1.82) is 0 Å². The molecular formula is C13H20Cl2N2O2. The Bertz CT molecular complexity index is 371. The molecule has 4 nitrogen and oxygen atoms in total. The average Bonchev–Trinajstić information content (AvgIpc) is 2.38. The van der Waals surface area contributed by atoms with Gasteiger partial charge in [0.15, 0.2) is 0 Å². The molecule has 2 N–H and O–H groups in total. The highest BCUT2D eigenvalue weighted by atomic mass is 35.5. The Labute approximate surface area is 125 Å². The molecule has 6 heteroatoms. The zero-order valence-corrected chi connectivity index (χ0v) is 12.5. The minimum Gasteiger partial charge on any atom is -0.492 e. The van der Waals surface area contributed by atoms with Crippen LogP contribution in [0.1, 0.15) is 12.8 Å². The summed E-state index contributed by atoms with van der Waals surface area (Å²) in [5.74, 6) is 0.849. The molecule has 0 saturated carbocycles. The zero-order valence-electron chi connectivity index (χ0n) is 11.0. The van der Waals surface area contributed by atoms with Crippen LogP contribution in [0.25, 0.3) is 0 Å². The van der Waals surface area contributed by atoms with E-state index in [0.717, 1.165) is 12.2 Å². The summed E-state index contributed by atoms with van der Waals surface area (Å²) in [6, 6.07) is 7.15. The summed E-state index contributed by atoms with van der Waals surface area (Å²) in [6.45, 7) is 1.57. The Morgan fingerprint density at radius 1 is 1.37 bits per heavy atom. The van der Waals surface area contributed by atoms with Crippen molar-refractivity contribution in [1.82, 2.24) is 4.90 Å². The smallest absolute Gasteiger partial charge is 0.222 e. The van der Waals surface area contributed by atoms with Crippen molar-refractivity contribution in [3.05, 3.63) is 29.3 Å². The predicted octanol–water partition coefficient (Wildman–Crippen LogP) is 2.34. The molecule has 0 aliphatic heterocycles. The molecule has 0 fully saturated rings. The summed E-state index contributed by atoms with van der Waals surface area (Å²) in [5.41, 5.74) is 5.36. The highest BCUT2D eigenvalue weighted by molar-refractivity contribution is 6.30. The molecule has 0 atom stereocenters. The standard InChI is InChI=1S/C13H19ClN2O2.ClH/c1-16(13(17)3-2-8-15)9-10-18-12-6-4-11(14)5-7-12;/h4-7H,2-3,8-10,15H2,1H3;1H. The van der Waals surface area contributed by atoms with Crippen molar-refractivity contribution in [2.24, 2.45) is 5.73 Å². The molecule has 0 spiro atoms. The molecule has 1 aromatic carbocycles. The first-order chi connectivity index (χ1) is 8.63. The van der Waals surface area contributed by atoms with Crippen LogP contribution in [0.2, 0.25) is 5.02 Å². The number of carbonyl (C=O) groups excluding carboxylic acids is 1. The molecule has 0 radical (unpaired) electrons. The number of carbonyl (C=O) groups is 1. The van der Waals surface area contributed by atoms with E-state index in [0.29, 0.717) is 31.1 Å². The molecule has 0 aromatic heterocycles. The van der Waals surface area contributed by atoms with Gasteiger partial charge >= 0.3 is 0 Å². The second-order valence-corrected chi connectivity index (χ2v) is 4.45. The molecule has 1 rings (SSSR count). The fourth-order valence-corrected chi connectivity index (χ4v) is 1.53. The quantitative estimate of drug-likeness (QED) is 0.841. The molecule has 0 aliphatic rings. The number of nitrogens with two attached hydrogens (primary N) is 1. The lowest BCUT2D eigenvalue weighted by Gasteiger charge is -2.17. The summed E-state index contributed by atoms with van der Waals surface area (Å²) in [7, 11) is 1.77. The van der Waals surface area contributed by atoms with Gasteiger partial charge in [-0.1, -0.05) is 11.6 Å². The van der Waals surface area contributed by atoms with Crippen LogP contribution in [0.4, 0.5) is 0 Å². The Hall–Kier alpha value is -0.970. The molecular weight excluding hydrogens is 287 g/mol. The van der Waals surface area contributed by atoms with E-state index in [4.69, 9.17) is 22.1 Å². The second kappa shape index (κ2) is 9.89. The first-order valence-electron chi connectivity index (χ1n) is 5.96. The van der Waals surface area contributed by atoms with Crippen molar-refractivity contribution in [2.75, 3.05) is 26.7 Å². The number of nitrogens with zero attached hydrogens (tertiary/aromatic N) is 1. The van der Waals surface area contributed by atoms with Crippen LogP contribution in [0.15, 0.2) is 24.3 Å². The summed E-state index contributed by atoms with van der Waals surface area (Å²) >= 11 is 5.77. The number of rotatable bonds is 7.